The predicted molar refractivity (Wildman–Crippen MR) is 48.5 cm³/mol. The van der Waals surface area contributed by atoms with Gasteiger partial charge in [-0.25, -0.2) is 0 Å². The first kappa shape index (κ1) is 9.26. The molecule has 1 rings (SSSR count). The van der Waals surface area contributed by atoms with Gasteiger partial charge in [0, 0.05) is 25.7 Å². The first-order valence-corrected chi connectivity index (χ1v) is 4.32. The maximum Gasteiger partial charge on any atom is 0.309 e. The predicted octanol–water partition coefficient (Wildman–Crippen LogP) is 0.294. The van der Waals surface area contributed by atoms with Gasteiger partial charge in [0.05, 0.1) is 0 Å². The highest BCUT2D eigenvalue weighted by Crippen LogP contribution is 2.08. The highest BCUT2D eigenvalue weighted by Gasteiger charge is 2.16. The van der Waals surface area contributed by atoms with Crippen LogP contribution in [0.3, 0.4) is 0 Å². The van der Waals surface area contributed by atoms with Gasteiger partial charge < -0.3 is 5.32 Å². The second kappa shape index (κ2) is 4.93. The van der Waals surface area contributed by atoms with E-state index in [4.69, 9.17) is 0 Å². The molecule has 1 radical (unpaired) electrons. The van der Waals surface area contributed by atoms with Crippen molar-refractivity contribution in [3.63, 3.8) is 0 Å². The fourth-order valence-corrected chi connectivity index (χ4v) is 1.53. The average Bonchev–Trinajstić information content (AvgIpc) is 2.09. The highest BCUT2D eigenvalue weighted by atomic mass is 16.1. The Morgan fingerprint density at radius 3 is 2.75 bits per heavy atom. The summed E-state index contributed by atoms with van der Waals surface area (Å²) in [5.41, 5.74) is 0. The van der Waals surface area contributed by atoms with Crippen molar-refractivity contribution in [1.29, 1.82) is 0 Å². The Balaban J connectivity index is 2.19. The van der Waals surface area contributed by atoms with Crippen molar-refractivity contribution in [1.82, 2.24) is 10.2 Å². The van der Waals surface area contributed by atoms with Crippen molar-refractivity contribution >= 4 is 6.41 Å². The van der Waals surface area contributed by atoms with Crippen molar-refractivity contribution in [3.05, 3.63) is 12.7 Å². The SMILES string of the molecule is C=CCN1CCC(N[C]=O)CC1. The number of nitrogens with zero attached hydrogens (tertiary/aromatic N) is 1. The lowest BCUT2D eigenvalue weighted by Crippen LogP contribution is -2.41. The molecule has 3 heteroatoms. The van der Waals surface area contributed by atoms with E-state index in [0.717, 1.165) is 32.5 Å². The molecule has 0 aromatic carbocycles. The van der Waals surface area contributed by atoms with Gasteiger partial charge in [-0.15, -0.1) is 6.58 Å². The van der Waals surface area contributed by atoms with Gasteiger partial charge in [-0.1, -0.05) is 6.08 Å². The van der Waals surface area contributed by atoms with Gasteiger partial charge in [0.1, 0.15) is 0 Å². The lowest BCUT2D eigenvalue weighted by Gasteiger charge is -2.30. The van der Waals surface area contributed by atoms with Crippen molar-refractivity contribution < 1.29 is 4.79 Å². The number of hydrogen-bond acceptors (Lipinski definition) is 2. The van der Waals surface area contributed by atoms with E-state index < -0.39 is 0 Å². The van der Waals surface area contributed by atoms with Crippen LogP contribution in [-0.2, 0) is 4.79 Å². The van der Waals surface area contributed by atoms with Crippen molar-refractivity contribution in [2.24, 2.45) is 0 Å². The zero-order valence-electron chi connectivity index (χ0n) is 7.25. The molecule has 0 bridgehead atoms. The normalized spacial score (nSPS) is 20.3. The molecule has 1 N–H and O–H groups in total. The zero-order chi connectivity index (χ0) is 8.81. The molecule has 0 unspecified atom stereocenters. The van der Waals surface area contributed by atoms with E-state index in [9.17, 15) is 4.79 Å². The Labute approximate surface area is 73.4 Å². The Hall–Kier alpha value is -0.830. The third-order valence-corrected chi connectivity index (χ3v) is 2.24. The minimum atomic E-state index is 0.337. The molecule has 0 aromatic heterocycles. The summed E-state index contributed by atoms with van der Waals surface area (Å²) < 4.78 is 0. The molecule has 0 atom stereocenters. The molecular weight excluding hydrogens is 152 g/mol. The third kappa shape index (κ3) is 2.66. The van der Waals surface area contributed by atoms with Gasteiger partial charge in [-0.3, -0.25) is 9.69 Å². The van der Waals surface area contributed by atoms with Gasteiger partial charge in [0.25, 0.3) is 0 Å². The van der Waals surface area contributed by atoms with Crippen LogP contribution in [0.2, 0.25) is 0 Å². The molecular formula is C9H15N2O. The first-order chi connectivity index (χ1) is 5.86. The molecule has 0 aromatic rings. The minimum absolute atomic E-state index is 0.337. The van der Waals surface area contributed by atoms with Gasteiger partial charge in [-0.05, 0) is 12.8 Å². The van der Waals surface area contributed by atoms with E-state index in [1.54, 1.807) is 6.41 Å². The highest BCUT2D eigenvalue weighted by molar-refractivity contribution is 5.47. The largest absolute Gasteiger partial charge is 0.345 e. The van der Waals surface area contributed by atoms with Crippen LogP contribution in [0.25, 0.3) is 0 Å². The van der Waals surface area contributed by atoms with Crippen molar-refractivity contribution in [2.75, 3.05) is 19.6 Å². The molecule has 67 valence electrons. The molecule has 1 saturated heterocycles. The average molecular weight is 167 g/mol. The van der Waals surface area contributed by atoms with Gasteiger partial charge >= 0.3 is 6.41 Å². The van der Waals surface area contributed by atoms with E-state index >= 15 is 0 Å². The summed E-state index contributed by atoms with van der Waals surface area (Å²) >= 11 is 0. The van der Waals surface area contributed by atoms with Gasteiger partial charge in [-0.2, -0.15) is 0 Å². The van der Waals surface area contributed by atoms with Crippen LogP contribution in [0, 0.1) is 0 Å². The standard InChI is InChI=1S/C9H15N2O/c1-2-5-11-6-3-9(4-7-11)10-8-12/h2,9H,1,3-7H2,(H,10,12). The molecule has 0 saturated carbocycles. The molecule has 0 spiro atoms. The molecule has 1 aliphatic heterocycles. The maximum absolute atomic E-state index is 10.0. The summed E-state index contributed by atoms with van der Waals surface area (Å²) in [6, 6.07) is 0.337. The quantitative estimate of drug-likeness (QED) is 0.482. The molecule has 0 aliphatic carbocycles. The molecule has 1 heterocycles. The second-order valence-corrected chi connectivity index (χ2v) is 3.11. The monoisotopic (exact) mass is 167 g/mol. The number of rotatable bonds is 4. The van der Waals surface area contributed by atoms with Gasteiger partial charge in [0.2, 0.25) is 0 Å². The molecule has 12 heavy (non-hydrogen) atoms. The minimum Gasteiger partial charge on any atom is -0.345 e. The maximum atomic E-state index is 10.0. The van der Waals surface area contributed by atoms with Crippen LogP contribution in [0.15, 0.2) is 12.7 Å². The van der Waals surface area contributed by atoms with Crippen LogP contribution in [0.4, 0.5) is 0 Å². The molecule has 3 nitrogen and oxygen atoms in total. The summed E-state index contributed by atoms with van der Waals surface area (Å²) in [4.78, 5) is 12.3. The number of piperidine rings is 1. The van der Waals surface area contributed by atoms with Crippen LogP contribution < -0.4 is 5.32 Å². The van der Waals surface area contributed by atoms with Gasteiger partial charge in [0.15, 0.2) is 0 Å². The summed E-state index contributed by atoms with van der Waals surface area (Å²) in [6.45, 7) is 6.74. The zero-order valence-corrected chi connectivity index (χ0v) is 7.25. The van der Waals surface area contributed by atoms with Crippen molar-refractivity contribution in [2.45, 2.75) is 18.9 Å². The summed E-state index contributed by atoms with van der Waals surface area (Å²) in [7, 11) is 0. The summed E-state index contributed by atoms with van der Waals surface area (Å²) in [5.74, 6) is 0. The van der Waals surface area contributed by atoms with Crippen LogP contribution in [-0.4, -0.2) is 37.0 Å². The van der Waals surface area contributed by atoms with E-state index in [0.29, 0.717) is 6.04 Å². The first-order valence-electron chi connectivity index (χ1n) is 4.32. The number of carbonyl (C=O) groups excluding carboxylic acids is 1. The Kier molecular flexibility index (Phi) is 3.80. The molecule has 1 fully saturated rings. The van der Waals surface area contributed by atoms with E-state index in [2.05, 4.69) is 16.8 Å². The molecule has 1 aliphatic rings. The number of hydrogen-bond donors (Lipinski definition) is 1. The summed E-state index contributed by atoms with van der Waals surface area (Å²) in [6.07, 6.45) is 5.72. The third-order valence-electron chi connectivity index (χ3n) is 2.24. The fourth-order valence-electron chi connectivity index (χ4n) is 1.53. The number of nitrogens with one attached hydrogen (secondary N) is 1. The topological polar surface area (TPSA) is 32.3 Å². The Bertz CT molecular complexity index is 133. The van der Waals surface area contributed by atoms with E-state index in [-0.39, 0.29) is 0 Å². The number of likely N-dealkylation sites (tertiary alicyclic amines) is 1. The molecule has 1 amide bonds. The second-order valence-electron chi connectivity index (χ2n) is 3.11. The van der Waals surface area contributed by atoms with Crippen LogP contribution in [0.5, 0.6) is 0 Å². The smallest absolute Gasteiger partial charge is 0.309 e. The fraction of sp³-hybridized carbons (Fsp3) is 0.667. The lowest BCUT2D eigenvalue weighted by atomic mass is 10.1. The lowest BCUT2D eigenvalue weighted by molar-refractivity contribution is 0.225. The Morgan fingerprint density at radius 2 is 2.25 bits per heavy atom. The van der Waals surface area contributed by atoms with E-state index in [1.807, 2.05) is 6.08 Å². The summed E-state index contributed by atoms with van der Waals surface area (Å²) in [5, 5.41) is 2.69. The Morgan fingerprint density at radius 1 is 1.58 bits per heavy atom. The van der Waals surface area contributed by atoms with Crippen LogP contribution >= 0.6 is 0 Å². The number of amides is 1. The van der Waals surface area contributed by atoms with E-state index in [1.165, 1.54) is 0 Å². The van der Waals surface area contributed by atoms with Crippen LogP contribution in [0.1, 0.15) is 12.8 Å². The van der Waals surface area contributed by atoms with Crippen molar-refractivity contribution in [3.8, 4) is 0 Å².